The smallest absolute Gasteiger partial charge is 0.237 e. The van der Waals surface area contributed by atoms with Crippen molar-refractivity contribution < 1.29 is 13.9 Å². The van der Waals surface area contributed by atoms with Gasteiger partial charge in [-0.05, 0) is 25.0 Å². The van der Waals surface area contributed by atoms with Crippen LogP contribution in [0.25, 0.3) is 0 Å². The number of methoxy groups -OCH3 is 1. The SMILES string of the molecule is COCC(C)CNC(C)C(=O)NCc1ccco1. The van der Waals surface area contributed by atoms with Crippen molar-refractivity contribution in [3.63, 3.8) is 0 Å². The molecule has 0 spiro atoms. The van der Waals surface area contributed by atoms with Crippen molar-refractivity contribution in [3.05, 3.63) is 24.2 Å². The molecule has 18 heavy (non-hydrogen) atoms. The van der Waals surface area contributed by atoms with Crippen molar-refractivity contribution in [1.82, 2.24) is 10.6 Å². The van der Waals surface area contributed by atoms with Gasteiger partial charge in [-0.1, -0.05) is 6.92 Å². The molecule has 1 heterocycles. The van der Waals surface area contributed by atoms with Crippen LogP contribution < -0.4 is 10.6 Å². The Bertz CT molecular complexity index is 338. The van der Waals surface area contributed by atoms with Gasteiger partial charge in [-0.15, -0.1) is 0 Å². The minimum Gasteiger partial charge on any atom is -0.467 e. The first-order valence-corrected chi connectivity index (χ1v) is 6.16. The molecule has 0 saturated carbocycles. The molecule has 1 aromatic heterocycles. The first kappa shape index (κ1) is 14.7. The molecule has 0 bridgehead atoms. The van der Waals surface area contributed by atoms with Crippen LogP contribution in [-0.2, 0) is 16.1 Å². The molecule has 0 aliphatic carbocycles. The summed E-state index contributed by atoms with van der Waals surface area (Å²) in [6.07, 6.45) is 1.59. The van der Waals surface area contributed by atoms with Gasteiger partial charge in [0.1, 0.15) is 5.76 Å². The summed E-state index contributed by atoms with van der Waals surface area (Å²) in [5.74, 6) is 1.11. The van der Waals surface area contributed by atoms with Crippen LogP contribution in [0.4, 0.5) is 0 Å². The van der Waals surface area contributed by atoms with Gasteiger partial charge in [-0.25, -0.2) is 0 Å². The van der Waals surface area contributed by atoms with Gasteiger partial charge < -0.3 is 19.8 Å². The molecular formula is C13H22N2O3. The lowest BCUT2D eigenvalue weighted by atomic mass is 10.2. The molecule has 0 saturated heterocycles. The largest absolute Gasteiger partial charge is 0.467 e. The van der Waals surface area contributed by atoms with Gasteiger partial charge >= 0.3 is 0 Å². The van der Waals surface area contributed by atoms with Gasteiger partial charge in [-0.2, -0.15) is 0 Å². The van der Waals surface area contributed by atoms with E-state index in [2.05, 4.69) is 17.6 Å². The van der Waals surface area contributed by atoms with Crippen LogP contribution in [0, 0.1) is 5.92 Å². The van der Waals surface area contributed by atoms with E-state index in [1.54, 1.807) is 19.4 Å². The first-order valence-electron chi connectivity index (χ1n) is 6.16. The van der Waals surface area contributed by atoms with E-state index in [-0.39, 0.29) is 11.9 Å². The second kappa shape index (κ2) is 7.89. The molecule has 1 aromatic rings. The van der Waals surface area contributed by atoms with Crippen LogP contribution in [0.3, 0.4) is 0 Å². The number of rotatable bonds is 8. The summed E-state index contributed by atoms with van der Waals surface area (Å²) in [6, 6.07) is 3.41. The number of nitrogens with one attached hydrogen (secondary N) is 2. The third kappa shape index (κ3) is 5.33. The van der Waals surface area contributed by atoms with Crippen molar-refractivity contribution in [2.75, 3.05) is 20.3 Å². The van der Waals surface area contributed by atoms with Crippen molar-refractivity contribution in [3.8, 4) is 0 Å². The zero-order valence-corrected chi connectivity index (χ0v) is 11.2. The average molecular weight is 254 g/mol. The number of carbonyl (C=O) groups is 1. The predicted molar refractivity (Wildman–Crippen MR) is 69.1 cm³/mol. The molecule has 2 unspecified atom stereocenters. The summed E-state index contributed by atoms with van der Waals surface area (Å²) in [4.78, 5) is 11.8. The molecule has 102 valence electrons. The number of hydrogen-bond donors (Lipinski definition) is 2. The standard InChI is InChI=1S/C13H22N2O3/c1-10(9-17-3)7-14-11(2)13(16)15-8-12-5-4-6-18-12/h4-6,10-11,14H,7-9H2,1-3H3,(H,15,16). The summed E-state index contributed by atoms with van der Waals surface area (Å²) >= 11 is 0. The van der Waals surface area contributed by atoms with Crippen LogP contribution >= 0.6 is 0 Å². The Kier molecular flexibility index (Phi) is 6.46. The second-order valence-electron chi connectivity index (χ2n) is 4.49. The second-order valence-corrected chi connectivity index (χ2v) is 4.49. The molecule has 0 aromatic carbocycles. The normalized spacial score (nSPS) is 14.2. The maximum atomic E-state index is 11.8. The van der Waals surface area contributed by atoms with Crippen molar-refractivity contribution in [1.29, 1.82) is 0 Å². The van der Waals surface area contributed by atoms with E-state index < -0.39 is 0 Å². The van der Waals surface area contributed by atoms with Gasteiger partial charge in [-0.3, -0.25) is 4.79 Å². The zero-order chi connectivity index (χ0) is 13.4. The van der Waals surface area contributed by atoms with E-state index in [4.69, 9.17) is 9.15 Å². The Hall–Kier alpha value is -1.33. The van der Waals surface area contributed by atoms with Crippen molar-refractivity contribution in [2.24, 2.45) is 5.92 Å². The molecule has 1 rings (SSSR count). The number of hydrogen-bond acceptors (Lipinski definition) is 4. The van der Waals surface area contributed by atoms with Gasteiger partial charge in [0.2, 0.25) is 5.91 Å². The Labute approximate surface area is 108 Å². The summed E-state index contributed by atoms with van der Waals surface area (Å²) in [5.41, 5.74) is 0. The molecule has 2 N–H and O–H groups in total. The van der Waals surface area contributed by atoms with Crippen LogP contribution in [-0.4, -0.2) is 32.2 Å². The quantitative estimate of drug-likeness (QED) is 0.730. The van der Waals surface area contributed by atoms with Crippen molar-refractivity contribution in [2.45, 2.75) is 26.4 Å². The van der Waals surface area contributed by atoms with Crippen LogP contribution in [0.15, 0.2) is 22.8 Å². The third-order valence-electron chi connectivity index (χ3n) is 2.63. The van der Waals surface area contributed by atoms with Crippen LogP contribution in [0.1, 0.15) is 19.6 Å². The molecule has 0 aliphatic rings. The van der Waals surface area contributed by atoms with Gasteiger partial charge in [0.05, 0.1) is 18.8 Å². The lowest BCUT2D eigenvalue weighted by Crippen LogP contribution is -2.43. The first-order chi connectivity index (χ1) is 8.63. The molecule has 0 radical (unpaired) electrons. The molecule has 0 aliphatic heterocycles. The minimum absolute atomic E-state index is 0.0315. The maximum Gasteiger partial charge on any atom is 0.237 e. The van der Waals surface area contributed by atoms with Crippen LogP contribution in [0.5, 0.6) is 0 Å². The Morgan fingerprint density at radius 1 is 1.50 bits per heavy atom. The lowest BCUT2D eigenvalue weighted by molar-refractivity contribution is -0.123. The lowest BCUT2D eigenvalue weighted by Gasteiger charge is -2.16. The van der Waals surface area contributed by atoms with Gasteiger partial charge in [0.25, 0.3) is 0 Å². The topological polar surface area (TPSA) is 63.5 Å². The van der Waals surface area contributed by atoms with E-state index in [1.807, 2.05) is 13.0 Å². The molecular weight excluding hydrogens is 232 g/mol. The number of ether oxygens (including phenoxy) is 1. The van der Waals surface area contributed by atoms with Gasteiger partial charge in [0, 0.05) is 20.3 Å². The number of furan rings is 1. The van der Waals surface area contributed by atoms with E-state index in [0.29, 0.717) is 19.1 Å². The fourth-order valence-electron chi connectivity index (χ4n) is 1.55. The van der Waals surface area contributed by atoms with E-state index in [0.717, 1.165) is 12.3 Å². The zero-order valence-electron chi connectivity index (χ0n) is 11.2. The average Bonchev–Trinajstić information content (AvgIpc) is 2.86. The predicted octanol–water partition coefficient (Wildman–Crippen LogP) is 1.16. The number of amides is 1. The highest BCUT2D eigenvalue weighted by Crippen LogP contribution is 1.99. The monoisotopic (exact) mass is 254 g/mol. The molecule has 1 amide bonds. The fraction of sp³-hybridized carbons (Fsp3) is 0.615. The minimum atomic E-state index is -0.223. The highest BCUT2D eigenvalue weighted by atomic mass is 16.5. The summed E-state index contributed by atoms with van der Waals surface area (Å²) in [6.45, 7) is 5.78. The highest BCUT2D eigenvalue weighted by molar-refractivity contribution is 5.81. The third-order valence-corrected chi connectivity index (χ3v) is 2.63. The Balaban J connectivity index is 2.20. The van der Waals surface area contributed by atoms with Crippen molar-refractivity contribution >= 4 is 5.91 Å². The van der Waals surface area contributed by atoms with Gasteiger partial charge in [0.15, 0.2) is 0 Å². The fourth-order valence-corrected chi connectivity index (χ4v) is 1.55. The molecule has 5 heteroatoms. The summed E-state index contributed by atoms with van der Waals surface area (Å²) in [7, 11) is 1.68. The number of carbonyl (C=O) groups excluding carboxylic acids is 1. The molecule has 5 nitrogen and oxygen atoms in total. The van der Waals surface area contributed by atoms with E-state index in [1.165, 1.54) is 0 Å². The highest BCUT2D eigenvalue weighted by Gasteiger charge is 2.13. The molecule has 0 fully saturated rings. The maximum absolute atomic E-state index is 11.8. The molecule has 2 atom stereocenters. The van der Waals surface area contributed by atoms with E-state index in [9.17, 15) is 4.79 Å². The Morgan fingerprint density at radius 3 is 2.89 bits per heavy atom. The Morgan fingerprint density at radius 2 is 2.28 bits per heavy atom. The van der Waals surface area contributed by atoms with Crippen LogP contribution in [0.2, 0.25) is 0 Å². The van der Waals surface area contributed by atoms with E-state index >= 15 is 0 Å². The summed E-state index contributed by atoms with van der Waals surface area (Å²) < 4.78 is 10.2. The summed E-state index contributed by atoms with van der Waals surface area (Å²) in [5, 5.41) is 5.99.